The molecule has 38 heavy (non-hydrogen) atoms. The summed E-state index contributed by atoms with van der Waals surface area (Å²) in [7, 11) is -4.43. The van der Waals surface area contributed by atoms with E-state index in [-0.39, 0.29) is 6.42 Å². The second-order valence-electron chi connectivity index (χ2n) is 8.08. The molecule has 3 aromatic rings. The fourth-order valence-corrected chi connectivity index (χ4v) is 4.29. The molecule has 1 amide bonds. The van der Waals surface area contributed by atoms with Gasteiger partial charge in [0.2, 0.25) is 13.6 Å². The quantitative estimate of drug-likeness (QED) is 0.187. The van der Waals surface area contributed by atoms with E-state index >= 15 is 0 Å². The van der Waals surface area contributed by atoms with Crippen molar-refractivity contribution in [1.29, 1.82) is 0 Å². The van der Waals surface area contributed by atoms with Gasteiger partial charge in [-0.15, -0.1) is 0 Å². The zero-order valence-corrected chi connectivity index (χ0v) is 21.7. The van der Waals surface area contributed by atoms with E-state index in [2.05, 4.69) is 14.8 Å². The number of fused-ring (bicyclic) bond motifs is 1. The van der Waals surface area contributed by atoms with Gasteiger partial charge in [-0.05, 0) is 47.0 Å². The van der Waals surface area contributed by atoms with E-state index in [1.54, 1.807) is 18.2 Å². The molecule has 0 spiro atoms. The lowest BCUT2D eigenvalue weighted by Gasteiger charge is -2.23. The number of carbonyl (C=O) groups is 3. The molecular weight excluding hydrogens is 520 g/mol. The van der Waals surface area contributed by atoms with Gasteiger partial charge < -0.3 is 14.8 Å². The molecule has 0 aromatic heterocycles. The average molecular weight is 547 g/mol. The maximum atomic E-state index is 13.8. The van der Waals surface area contributed by atoms with Gasteiger partial charge in [-0.3, -0.25) is 18.9 Å². The zero-order valence-electron chi connectivity index (χ0n) is 20.8. The maximum Gasteiger partial charge on any atom is 0.480 e. The highest BCUT2D eigenvalue weighted by Gasteiger charge is 2.30. The summed E-state index contributed by atoms with van der Waals surface area (Å²) < 4.78 is 51.5. The van der Waals surface area contributed by atoms with Crippen LogP contribution in [0.5, 0.6) is 0 Å². The van der Waals surface area contributed by atoms with Crippen LogP contribution in [0, 0.1) is 5.82 Å². The third-order valence-electron chi connectivity index (χ3n) is 5.10. The van der Waals surface area contributed by atoms with Crippen molar-refractivity contribution in [2.24, 2.45) is 0 Å². The van der Waals surface area contributed by atoms with Crippen LogP contribution in [-0.2, 0) is 43.6 Å². The normalized spacial score (nSPS) is 12.1. The minimum Gasteiger partial charge on any atom is -0.438 e. The molecule has 0 aliphatic heterocycles. The first kappa shape index (κ1) is 28.9. The van der Waals surface area contributed by atoms with Gasteiger partial charge >= 0.3 is 19.8 Å². The van der Waals surface area contributed by atoms with Gasteiger partial charge in [-0.2, -0.15) is 0 Å². The van der Waals surface area contributed by atoms with Gasteiger partial charge in [0.25, 0.3) is 5.91 Å². The van der Waals surface area contributed by atoms with Crippen molar-refractivity contribution in [3.63, 3.8) is 0 Å². The van der Waals surface area contributed by atoms with Gasteiger partial charge in [0.1, 0.15) is 5.82 Å². The first-order valence-electron chi connectivity index (χ1n) is 11.5. The number of halogens is 1. The summed E-state index contributed by atoms with van der Waals surface area (Å²) >= 11 is 0. The molecule has 3 aromatic carbocycles. The van der Waals surface area contributed by atoms with E-state index in [9.17, 15) is 23.3 Å². The predicted octanol–water partition coefficient (Wildman–Crippen LogP) is 4.52. The molecule has 202 valence electrons. The Morgan fingerprint density at radius 1 is 0.842 bits per heavy atom. The summed E-state index contributed by atoms with van der Waals surface area (Å²) in [4.78, 5) is 35.2. The Balaban J connectivity index is 1.77. The van der Waals surface area contributed by atoms with Crippen LogP contribution in [0.25, 0.3) is 10.8 Å². The van der Waals surface area contributed by atoms with E-state index in [1.807, 2.05) is 30.3 Å². The Morgan fingerprint density at radius 3 is 2.13 bits per heavy atom. The van der Waals surface area contributed by atoms with E-state index < -0.39 is 57.7 Å². The van der Waals surface area contributed by atoms with Crippen LogP contribution in [0.2, 0.25) is 0 Å². The molecule has 3 rings (SSSR count). The largest absolute Gasteiger partial charge is 0.480 e. The van der Waals surface area contributed by atoms with Gasteiger partial charge in [0, 0.05) is 19.4 Å². The lowest BCUT2D eigenvalue weighted by Crippen LogP contribution is -2.39. The summed E-state index contributed by atoms with van der Waals surface area (Å²) in [6.45, 7) is 0.307. The monoisotopic (exact) mass is 547 g/mol. The third kappa shape index (κ3) is 9.35. The lowest BCUT2D eigenvalue weighted by molar-refractivity contribution is -0.151. The first-order valence-corrected chi connectivity index (χ1v) is 12.9. The highest BCUT2D eigenvalue weighted by Crippen LogP contribution is 2.49. The molecule has 1 atom stereocenters. The Hall–Kier alpha value is -3.63. The van der Waals surface area contributed by atoms with Crippen molar-refractivity contribution in [2.75, 3.05) is 20.2 Å². The van der Waals surface area contributed by atoms with Crippen LogP contribution < -0.4 is 5.32 Å². The van der Waals surface area contributed by atoms with Crippen LogP contribution in [0.15, 0.2) is 66.7 Å². The smallest absolute Gasteiger partial charge is 0.438 e. The molecule has 0 aliphatic rings. The summed E-state index contributed by atoms with van der Waals surface area (Å²) in [5, 5.41) is 4.62. The van der Waals surface area contributed by atoms with E-state index in [4.69, 9.17) is 13.6 Å². The molecule has 1 N–H and O–H groups in total. The molecule has 12 heteroatoms. The Morgan fingerprint density at radius 2 is 1.50 bits per heavy atom. The Labute approximate surface area is 218 Å². The minimum absolute atomic E-state index is 0.102. The van der Waals surface area contributed by atoms with Gasteiger partial charge in [0.15, 0.2) is 0 Å². The van der Waals surface area contributed by atoms with Crippen molar-refractivity contribution in [1.82, 2.24) is 5.32 Å². The molecule has 0 unspecified atom stereocenters. The van der Waals surface area contributed by atoms with Crippen molar-refractivity contribution in [3.05, 3.63) is 83.7 Å². The Kier molecular flexibility index (Phi) is 10.5. The molecule has 0 bridgehead atoms. The highest BCUT2D eigenvalue weighted by atomic mass is 31.2. The van der Waals surface area contributed by atoms with Crippen LogP contribution in [0.1, 0.15) is 29.8 Å². The van der Waals surface area contributed by atoms with E-state index in [1.165, 1.54) is 18.2 Å². The van der Waals surface area contributed by atoms with Gasteiger partial charge in [-0.25, -0.2) is 18.0 Å². The highest BCUT2D eigenvalue weighted by molar-refractivity contribution is 7.48. The number of esters is 2. The number of nitrogens with one attached hydrogen (secondary N) is 1. The molecule has 10 nitrogen and oxygen atoms in total. The van der Waals surface area contributed by atoms with Crippen molar-refractivity contribution in [2.45, 2.75) is 26.3 Å². The fraction of sp³-hybridized carbons (Fsp3) is 0.269. The van der Waals surface area contributed by atoms with Crippen molar-refractivity contribution in [3.8, 4) is 0 Å². The molecule has 0 saturated heterocycles. The zero-order chi connectivity index (χ0) is 27.5. The molecule has 0 saturated carbocycles. The Bertz CT molecular complexity index is 1310. The number of carbonyl (C=O) groups excluding carboxylic acids is 3. The molecule has 0 radical (unpaired) electrons. The third-order valence-corrected chi connectivity index (χ3v) is 6.41. The summed E-state index contributed by atoms with van der Waals surface area (Å²) in [5.74, 6) is -2.33. The SMILES string of the molecule is CC(=O)OCOP(=O)(OCOC(C)=O)OC[C@@H](Cc1cccc(F)c1)NC(=O)c1ccc2ccccc2c1. The number of hydrogen-bond acceptors (Lipinski definition) is 9. The minimum atomic E-state index is -4.43. The molecule has 0 heterocycles. The van der Waals surface area contributed by atoms with E-state index in [0.29, 0.717) is 11.1 Å². The number of benzene rings is 3. The number of phosphoric ester groups is 1. The first-order chi connectivity index (χ1) is 18.1. The van der Waals surface area contributed by atoms with Crippen LogP contribution in [0.4, 0.5) is 4.39 Å². The topological polar surface area (TPSA) is 126 Å². The molecule has 0 aliphatic carbocycles. The average Bonchev–Trinajstić information content (AvgIpc) is 2.86. The number of rotatable bonds is 13. The predicted molar refractivity (Wildman–Crippen MR) is 134 cm³/mol. The van der Waals surface area contributed by atoms with Gasteiger partial charge in [0.05, 0.1) is 12.6 Å². The van der Waals surface area contributed by atoms with Crippen LogP contribution >= 0.6 is 7.82 Å². The van der Waals surface area contributed by atoms with Crippen LogP contribution in [-0.4, -0.2) is 44.1 Å². The van der Waals surface area contributed by atoms with E-state index in [0.717, 1.165) is 24.6 Å². The lowest BCUT2D eigenvalue weighted by atomic mass is 10.0. The van der Waals surface area contributed by atoms with Gasteiger partial charge in [-0.1, -0.05) is 42.5 Å². The summed E-state index contributed by atoms with van der Waals surface area (Å²) in [6, 6.07) is 17.7. The summed E-state index contributed by atoms with van der Waals surface area (Å²) in [6.07, 6.45) is 0.102. The second kappa shape index (κ2) is 13.8. The second-order valence-corrected chi connectivity index (χ2v) is 9.74. The molecule has 0 fully saturated rings. The number of phosphoric acid groups is 1. The number of ether oxygens (including phenoxy) is 2. The standard InChI is InChI=1S/C26H27FNO9P/c1-18(29)33-16-36-38(32,37-17-34-19(2)30)35-15-25(13-20-6-5-9-24(27)12-20)28-26(31)23-11-10-21-7-3-4-8-22(21)14-23/h3-12,14,25H,13,15-17H2,1-2H3,(H,28,31)/t25-/m1/s1. The number of amides is 1. The maximum absolute atomic E-state index is 13.8. The summed E-state index contributed by atoms with van der Waals surface area (Å²) in [5.41, 5.74) is 0.905. The van der Waals surface area contributed by atoms with Crippen molar-refractivity contribution < 1.29 is 46.4 Å². The molecular formula is C26H27FNO9P. The van der Waals surface area contributed by atoms with Crippen molar-refractivity contribution >= 4 is 36.4 Å². The number of hydrogen-bond donors (Lipinski definition) is 1. The van der Waals surface area contributed by atoms with Crippen LogP contribution in [0.3, 0.4) is 0 Å². The fourth-order valence-electron chi connectivity index (χ4n) is 3.34.